The summed E-state index contributed by atoms with van der Waals surface area (Å²) in [7, 11) is 0. The van der Waals surface area contributed by atoms with Crippen LogP contribution >= 0.6 is 24.0 Å². The van der Waals surface area contributed by atoms with Crippen LogP contribution in [-0.2, 0) is 0 Å². The number of benzene rings is 1. The van der Waals surface area contributed by atoms with Crippen LogP contribution in [0.25, 0.3) is 0 Å². The van der Waals surface area contributed by atoms with Crippen molar-refractivity contribution in [2.45, 2.75) is 70.3 Å². The minimum atomic E-state index is -0.0634. The normalized spacial score (nSPS) is 21.4. The molecule has 2 aliphatic heterocycles. The van der Waals surface area contributed by atoms with E-state index in [0.717, 1.165) is 51.5 Å². The molecule has 7 heteroatoms. The van der Waals surface area contributed by atoms with Gasteiger partial charge in [-0.2, -0.15) is 0 Å². The molecule has 3 fully saturated rings. The summed E-state index contributed by atoms with van der Waals surface area (Å²) in [6, 6.07) is 5.43. The molecule has 0 unspecified atom stereocenters. The minimum absolute atomic E-state index is 0. The molecule has 186 valence electrons. The lowest BCUT2D eigenvalue weighted by atomic mass is 9.88. The molecular formula is C26H41Cl2N3O2. The van der Waals surface area contributed by atoms with Gasteiger partial charge in [-0.1, -0.05) is 37.3 Å². The van der Waals surface area contributed by atoms with Crippen LogP contribution in [0.1, 0.15) is 74.6 Å². The fourth-order valence-corrected chi connectivity index (χ4v) is 5.70. The van der Waals surface area contributed by atoms with E-state index in [9.17, 15) is 4.79 Å². The van der Waals surface area contributed by atoms with Gasteiger partial charge in [0.15, 0.2) is 0 Å². The van der Waals surface area contributed by atoms with Crippen molar-refractivity contribution in [3.63, 3.8) is 0 Å². The van der Waals surface area contributed by atoms with Gasteiger partial charge in [-0.05, 0) is 75.7 Å². The summed E-state index contributed by atoms with van der Waals surface area (Å²) in [4.78, 5) is 17.5. The van der Waals surface area contributed by atoms with Crippen LogP contribution in [-0.4, -0.2) is 67.6 Å². The van der Waals surface area contributed by atoms with Crippen LogP contribution in [0.5, 0.6) is 5.75 Å². The molecule has 3 aliphatic rings. The summed E-state index contributed by atoms with van der Waals surface area (Å²) in [6.45, 7) is 7.36. The highest BCUT2D eigenvalue weighted by Crippen LogP contribution is 2.30. The van der Waals surface area contributed by atoms with Gasteiger partial charge in [-0.25, -0.2) is 0 Å². The number of hydrogen-bond donors (Lipinski definition) is 1. The molecule has 4 rings (SSSR count). The smallest absolute Gasteiger partial charge is 0.251 e. The van der Waals surface area contributed by atoms with E-state index in [-0.39, 0.29) is 24.4 Å². The fourth-order valence-electron chi connectivity index (χ4n) is 5.47. The van der Waals surface area contributed by atoms with Gasteiger partial charge in [0.1, 0.15) is 11.9 Å². The van der Waals surface area contributed by atoms with Crippen LogP contribution in [0.3, 0.4) is 0 Å². The number of carbonyl (C=O) groups excluding carboxylic acids is 1. The number of nitrogens with zero attached hydrogens (tertiary/aromatic N) is 2. The number of carbonyl (C=O) groups is 1. The van der Waals surface area contributed by atoms with Gasteiger partial charge in [0.25, 0.3) is 5.91 Å². The molecule has 1 N–H and O–H groups in total. The van der Waals surface area contributed by atoms with Crippen molar-refractivity contribution >= 4 is 29.9 Å². The van der Waals surface area contributed by atoms with E-state index in [2.05, 4.69) is 15.1 Å². The van der Waals surface area contributed by atoms with Gasteiger partial charge in [0.05, 0.1) is 5.02 Å². The van der Waals surface area contributed by atoms with E-state index in [4.69, 9.17) is 16.3 Å². The molecule has 0 radical (unpaired) electrons. The maximum Gasteiger partial charge on any atom is 0.251 e. The summed E-state index contributed by atoms with van der Waals surface area (Å²) in [5.74, 6) is 1.53. The molecule has 1 saturated carbocycles. The molecule has 33 heavy (non-hydrogen) atoms. The quantitative estimate of drug-likeness (QED) is 0.521. The first-order valence-electron chi connectivity index (χ1n) is 12.9. The van der Waals surface area contributed by atoms with Crippen molar-refractivity contribution in [1.82, 2.24) is 15.1 Å². The summed E-state index contributed by atoms with van der Waals surface area (Å²) in [5.41, 5.74) is 0.600. The van der Waals surface area contributed by atoms with Crippen LogP contribution in [0.2, 0.25) is 5.02 Å². The maximum absolute atomic E-state index is 12.5. The maximum atomic E-state index is 12.5. The second-order valence-electron chi connectivity index (χ2n) is 9.93. The first-order chi connectivity index (χ1) is 15.7. The van der Waals surface area contributed by atoms with Crippen molar-refractivity contribution in [3.8, 4) is 5.75 Å². The van der Waals surface area contributed by atoms with E-state index in [0.29, 0.717) is 22.9 Å². The number of halogens is 2. The van der Waals surface area contributed by atoms with E-state index < -0.39 is 0 Å². The van der Waals surface area contributed by atoms with Gasteiger partial charge in [0, 0.05) is 38.3 Å². The van der Waals surface area contributed by atoms with E-state index in [1.165, 1.54) is 57.9 Å². The topological polar surface area (TPSA) is 44.8 Å². The van der Waals surface area contributed by atoms with E-state index in [1.54, 1.807) is 6.07 Å². The molecule has 1 amide bonds. The van der Waals surface area contributed by atoms with Crippen LogP contribution in [0.15, 0.2) is 18.2 Å². The average molecular weight is 499 g/mol. The van der Waals surface area contributed by atoms with Crippen LogP contribution in [0, 0.1) is 5.92 Å². The summed E-state index contributed by atoms with van der Waals surface area (Å²) < 4.78 is 6.22. The van der Waals surface area contributed by atoms with Gasteiger partial charge in [-0.3, -0.25) is 4.79 Å². The van der Waals surface area contributed by atoms with E-state index >= 15 is 0 Å². The SMILES string of the molecule is Cl.O=C(NCCN1CCCCC1)c1ccc(OC2CCN(CC3CCCCC3)CC2)c(Cl)c1. The van der Waals surface area contributed by atoms with Crippen molar-refractivity contribution in [2.24, 2.45) is 5.92 Å². The van der Waals surface area contributed by atoms with Gasteiger partial charge in [0.2, 0.25) is 0 Å². The molecule has 1 aromatic rings. The Labute approximate surface area is 211 Å². The lowest BCUT2D eigenvalue weighted by molar-refractivity contribution is 0.0863. The van der Waals surface area contributed by atoms with Crippen molar-refractivity contribution < 1.29 is 9.53 Å². The number of piperidine rings is 2. The molecule has 1 aromatic carbocycles. The van der Waals surface area contributed by atoms with Gasteiger partial charge >= 0.3 is 0 Å². The number of ether oxygens (including phenoxy) is 1. The minimum Gasteiger partial charge on any atom is -0.489 e. The first-order valence-corrected chi connectivity index (χ1v) is 13.2. The third-order valence-corrected chi connectivity index (χ3v) is 7.72. The molecule has 2 heterocycles. The third-order valence-electron chi connectivity index (χ3n) is 7.43. The van der Waals surface area contributed by atoms with Crippen LogP contribution in [0.4, 0.5) is 0 Å². The largest absolute Gasteiger partial charge is 0.489 e. The Morgan fingerprint density at radius 3 is 2.33 bits per heavy atom. The monoisotopic (exact) mass is 497 g/mol. The molecule has 0 aromatic heterocycles. The summed E-state index contributed by atoms with van der Waals surface area (Å²) in [6.07, 6.45) is 13.2. The number of rotatable bonds is 8. The number of nitrogens with one attached hydrogen (secondary N) is 1. The Balaban J connectivity index is 0.00000306. The zero-order valence-electron chi connectivity index (χ0n) is 19.9. The Kier molecular flexibility index (Phi) is 11.1. The van der Waals surface area contributed by atoms with Gasteiger partial charge < -0.3 is 19.9 Å². The lowest BCUT2D eigenvalue weighted by Crippen LogP contribution is -2.41. The average Bonchev–Trinajstić information content (AvgIpc) is 2.83. The number of hydrogen-bond acceptors (Lipinski definition) is 4. The highest BCUT2D eigenvalue weighted by molar-refractivity contribution is 6.32. The second kappa shape index (κ2) is 13.8. The van der Waals surface area contributed by atoms with Crippen molar-refractivity contribution in [3.05, 3.63) is 28.8 Å². The van der Waals surface area contributed by atoms with Crippen molar-refractivity contribution in [2.75, 3.05) is 45.8 Å². The summed E-state index contributed by atoms with van der Waals surface area (Å²) in [5, 5.41) is 3.55. The van der Waals surface area contributed by atoms with Crippen LogP contribution < -0.4 is 10.1 Å². The molecule has 0 spiro atoms. The highest BCUT2D eigenvalue weighted by atomic mass is 35.5. The fraction of sp³-hybridized carbons (Fsp3) is 0.731. The molecule has 2 saturated heterocycles. The number of likely N-dealkylation sites (tertiary alicyclic amines) is 2. The molecule has 5 nitrogen and oxygen atoms in total. The lowest BCUT2D eigenvalue weighted by Gasteiger charge is -2.35. The Morgan fingerprint density at radius 1 is 0.939 bits per heavy atom. The molecule has 0 atom stereocenters. The molecule has 0 bridgehead atoms. The highest BCUT2D eigenvalue weighted by Gasteiger charge is 2.24. The van der Waals surface area contributed by atoms with E-state index in [1.807, 2.05) is 12.1 Å². The Hall–Kier alpha value is -1.01. The summed E-state index contributed by atoms with van der Waals surface area (Å²) >= 11 is 6.48. The zero-order valence-corrected chi connectivity index (χ0v) is 21.5. The van der Waals surface area contributed by atoms with Crippen molar-refractivity contribution in [1.29, 1.82) is 0 Å². The zero-order chi connectivity index (χ0) is 22.2. The Morgan fingerprint density at radius 2 is 1.64 bits per heavy atom. The third kappa shape index (κ3) is 8.31. The standard InChI is InChI=1S/C26H40ClN3O2.ClH/c27-24-19-22(26(31)28-13-18-29-14-5-2-6-15-29)9-10-25(24)32-23-11-16-30(17-12-23)20-21-7-3-1-4-8-21;/h9-10,19,21,23H,1-8,11-18,20H2,(H,28,31);1H. The molecular weight excluding hydrogens is 457 g/mol. The van der Waals surface area contributed by atoms with Gasteiger partial charge in [-0.15, -0.1) is 12.4 Å². The molecule has 1 aliphatic carbocycles. The Bertz CT molecular complexity index is 728. The number of amides is 1. The predicted molar refractivity (Wildman–Crippen MR) is 138 cm³/mol. The second-order valence-corrected chi connectivity index (χ2v) is 10.3. The first kappa shape index (κ1) is 26.6. The predicted octanol–water partition coefficient (Wildman–Crippen LogP) is 5.40.